The van der Waals surface area contributed by atoms with Crippen LogP contribution in [0.3, 0.4) is 0 Å². The summed E-state index contributed by atoms with van der Waals surface area (Å²) >= 11 is 3.31. The number of carboxylic acid groups (broad SMARTS) is 1. The summed E-state index contributed by atoms with van der Waals surface area (Å²) in [7, 11) is 0. The van der Waals surface area contributed by atoms with Crippen molar-refractivity contribution in [2.45, 2.75) is 13.3 Å². The number of carbonyl (C=O) groups is 1. The monoisotopic (exact) mass is 312 g/mol. The first-order valence-electron chi connectivity index (χ1n) is 5.20. The molecule has 2 aromatic rings. The smallest absolute Gasteiger partial charge is 0.309 e. The molecule has 0 aliphatic carbocycles. The first kappa shape index (κ1) is 12.8. The fraction of sp³-hybridized carbons (Fsp3) is 0.167. The lowest BCUT2D eigenvalue weighted by Gasteiger charge is -2.01. The Morgan fingerprint density at radius 3 is 2.89 bits per heavy atom. The summed E-state index contributed by atoms with van der Waals surface area (Å²) in [5.41, 5.74) is 2.31. The molecule has 4 nitrogen and oxygen atoms in total. The molecule has 6 heteroatoms. The Kier molecular flexibility index (Phi) is 3.47. The highest BCUT2D eigenvalue weighted by Crippen LogP contribution is 2.30. The quantitative estimate of drug-likeness (QED) is 0.915. The minimum absolute atomic E-state index is 0.145. The second-order valence-electron chi connectivity index (χ2n) is 3.90. The summed E-state index contributed by atoms with van der Waals surface area (Å²) in [6.45, 7) is 1.66. The number of hydrogen-bond donors (Lipinski definition) is 2. The summed E-state index contributed by atoms with van der Waals surface area (Å²) in [5, 5.41) is 15.5. The first-order chi connectivity index (χ1) is 8.49. The Morgan fingerprint density at radius 2 is 2.28 bits per heavy atom. The average molecular weight is 313 g/mol. The van der Waals surface area contributed by atoms with Crippen molar-refractivity contribution in [3.8, 4) is 11.3 Å². The van der Waals surface area contributed by atoms with Crippen LogP contribution in [0.5, 0.6) is 0 Å². The molecule has 1 aromatic carbocycles. The van der Waals surface area contributed by atoms with Gasteiger partial charge in [-0.05, 0) is 46.6 Å². The molecule has 0 bridgehead atoms. The van der Waals surface area contributed by atoms with Crippen molar-refractivity contribution in [1.82, 2.24) is 10.2 Å². The van der Waals surface area contributed by atoms with Gasteiger partial charge in [0.1, 0.15) is 11.5 Å². The van der Waals surface area contributed by atoms with Gasteiger partial charge in [-0.15, -0.1) is 0 Å². The van der Waals surface area contributed by atoms with E-state index in [9.17, 15) is 9.18 Å². The number of halogens is 2. The van der Waals surface area contributed by atoms with Gasteiger partial charge in [-0.3, -0.25) is 9.89 Å². The van der Waals surface area contributed by atoms with Crippen LogP contribution in [0.15, 0.2) is 22.7 Å². The minimum atomic E-state index is -0.943. The number of aliphatic carboxylic acids is 1. The van der Waals surface area contributed by atoms with E-state index in [1.807, 2.05) is 0 Å². The van der Waals surface area contributed by atoms with Crippen LogP contribution in [0.4, 0.5) is 4.39 Å². The zero-order chi connectivity index (χ0) is 13.3. The van der Waals surface area contributed by atoms with Crippen LogP contribution in [0.1, 0.15) is 11.3 Å². The van der Waals surface area contributed by atoms with Crippen LogP contribution in [-0.2, 0) is 11.2 Å². The number of aromatic nitrogens is 2. The Bertz CT molecular complexity index is 610. The Hall–Kier alpha value is -1.69. The molecule has 0 fully saturated rings. The second kappa shape index (κ2) is 4.89. The van der Waals surface area contributed by atoms with E-state index in [-0.39, 0.29) is 12.2 Å². The predicted molar refractivity (Wildman–Crippen MR) is 67.8 cm³/mol. The third-order valence-corrected chi connectivity index (χ3v) is 3.39. The molecule has 1 aromatic heterocycles. The summed E-state index contributed by atoms with van der Waals surface area (Å²) in [5.74, 6) is -1.22. The van der Waals surface area contributed by atoms with Gasteiger partial charge < -0.3 is 5.11 Å². The lowest BCUT2D eigenvalue weighted by molar-refractivity contribution is -0.136. The zero-order valence-corrected chi connectivity index (χ0v) is 11.1. The van der Waals surface area contributed by atoms with Gasteiger partial charge in [0.25, 0.3) is 0 Å². The van der Waals surface area contributed by atoms with Crippen LogP contribution >= 0.6 is 15.9 Å². The molecule has 0 unspecified atom stereocenters. The Morgan fingerprint density at radius 1 is 1.56 bits per heavy atom. The van der Waals surface area contributed by atoms with Gasteiger partial charge in [0, 0.05) is 5.56 Å². The number of nitrogens with zero attached hydrogens (tertiary/aromatic N) is 1. The van der Waals surface area contributed by atoms with Crippen LogP contribution in [0.25, 0.3) is 11.3 Å². The molecule has 0 radical (unpaired) electrons. The van der Waals surface area contributed by atoms with Crippen molar-refractivity contribution >= 4 is 21.9 Å². The highest BCUT2D eigenvalue weighted by atomic mass is 79.9. The molecule has 2 rings (SSSR count). The standard InChI is InChI=1S/C12H10BrFN2O2/c1-6-4-7(2-3-8(6)14)12-11(13)9(15-16-12)5-10(17)18/h2-4H,5H2,1H3,(H,15,16)(H,17,18). The van der Waals surface area contributed by atoms with E-state index >= 15 is 0 Å². The van der Waals surface area contributed by atoms with E-state index in [1.165, 1.54) is 6.07 Å². The second-order valence-corrected chi connectivity index (χ2v) is 4.69. The largest absolute Gasteiger partial charge is 0.481 e. The highest BCUT2D eigenvalue weighted by molar-refractivity contribution is 9.10. The number of aryl methyl sites for hydroxylation is 1. The van der Waals surface area contributed by atoms with Crippen LogP contribution in [0, 0.1) is 12.7 Å². The fourth-order valence-corrected chi connectivity index (χ4v) is 2.16. The molecule has 0 spiro atoms. The zero-order valence-electron chi connectivity index (χ0n) is 9.50. The maximum atomic E-state index is 13.2. The lowest BCUT2D eigenvalue weighted by atomic mass is 10.1. The van der Waals surface area contributed by atoms with Gasteiger partial charge in [0.05, 0.1) is 16.6 Å². The predicted octanol–water partition coefficient (Wildman–Crippen LogP) is 2.91. The van der Waals surface area contributed by atoms with Crippen molar-refractivity contribution in [3.05, 3.63) is 39.7 Å². The van der Waals surface area contributed by atoms with E-state index in [2.05, 4.69) is 26.1 Å². The van der Waals surface area contributed by atoms with Gasteiger partial charge in [0.15, 0.2) is 0 Å². The number of hydrogen-bond acceptors (Lipinski definition) is 2. The lowest BCUT2D eigenvalue weighted by Crippen LogP contribution is -2.00. The minimum Gasteiger partial charge on any atom is -0.481 e. The van der Waals surface area contributed by atoms with Crippen molar-refractivity contribution in [3.63, 3.8) is 0 Å². The van der Waals surface area contributed by atoms with Gasteiger partial charge >= 0.3 is 5.97 Å². The summed E-state index contributed by atoms with van der Waals surface area (Å²) < 4.78 is 13.8. The van der Waals surface area contributed by atoms with Crippen molar-refractivity contribution in [2.24, 2.45) is 0 Å². The molecule has 1 heterocycles. The normalized spacial score (nSPS) is 10.6. The molecule has 94 valence electrons. The molecular formula is C12H10BrFN2O2. The third-order valence-electron chi connectivity index (χ3n) is 2.53. The number of aromatic amines is 1. The van der Waals surface area contributed by atoms with Gasteiger partial charge in [-0.25, -0.2) is 4.39 Å². The van der Waals surface area contributed by atoms with Gasteiger partial charge in [0.2, 0.25) is 0 Å². The van der Waals surface area contributed by atoms with E-state index < -0.39 is 5.97 Å². The van der Waals surface area contributed by atoms with Crippen molar-refractivity contribution in [1.29, 1.82) is 0 Å². The summed E-state index contributed by atoms with van der Waals surface area (Å²) in [6, 6.07) is 4.64. The molecule has 0 amide bonds. The average Bonchev–Trinajstić information content (AvgIpc) is 2.64. The van der Waals surface area contributed by atoms with Crippen LogP contribution < -0.4 is 0 Å². The topological polar surface area (TPSA) is 66.0 Å². The third kappa shape index (κ3) is 2.43. The summed E-state index contributed by atoms with van der Waals surface area (Å²) in [4.78, 5) is 10.6. The first-order valence-corrected chi connectivity index (χ1v) is 5.99. The number of rotatable bonds is 3. The van der Waals surface area contributed by atoms with Crippen LogP contribution in [-0.4, -0.2) is 21.3 Å². The number of H-pyrrole nitrogens is 1. The maximum absolute atomic E-state index is 13.2. The fourth-order valence-electron chi connectivity index (χ4n) is 1.62. The van der Waals surface area contributed by atoms with Crippen LogP contribution in [0.2, 0.25) is 0 Å². The Balaban J connectivity index is 2.42. The molecule has 0 aliphatic rings. The van der Waals surface area contributed by atoms with Gasteiger partial charge in [-0.1, -0.05) is 0 Å². The molecule has 0 saturated heterocycles. The number of carboxylic acids is 1. The van der Waals surface area contributed by atoms with E-state index in [1.54, 1.807) is 19.1 Å². The van der Waals surface area contributed by atoms with Crippen molar-refractivity contribution in [2.75, 3.05) is 0 Å². The number of benzene rings is 1. The van der Waals surface area contributed by atoms with Gasteiger partial charge in [-0.2, -0.15) is 5.10 Å². The molecular weight excluding hydrogens is 303 g/mol. The van der Waals surface area contributed by atoms with E-state index in [4.69, 9.17) is 5.11 Å². The molecule has 2 N–H and O–H groups in total. The van der Waals surface area contributed by atoms with E-state index in [0.717, 1.165) is 5.56 Å². The van der Waals surface area contributed by atoms with Crippen molar-refractivity contribution < 1.29 is 14.3 Å². The maximum Gasteiger partial charge on any atom is 0.309 e. The Labute approximate surface area is 111 Å². The summed E-state index contributed by atoms with van der Waals surface area (Å²) in [6.07, 6.45) is -0.145. The molecule has 18 heavy (non-hydrogen) atoms. The molecule has 0 atom stereocenters. The SMILES string of the molecule is Cc1cc(-c2n[nH]c(CC(=O)O)c2Br)ccc1F. The highest BCUT2D eigenvalue weighted by Gasteiger charge is 2.15. The molecule has 0 saturated carbocycles. The molecule has 0 aliphatic heterocycles. The number of nitrogens with one attached hydrogen (secondary N) is 1. The van der Waals surface area contributed by atoms with E-state index in [0.29, 0.717) is 21.4 Å².